The minimum atomic E-state index is -0.515. The topological polar surface area (TPSA) is 79.7 Å². The van der Waals surface area contributed by atoms with Crippen LogP contribution >= 0.6 is 0 Å². The number of para-hydroxylation sites is 1. The van der Waals surface area contributed by atoms with E-state index in [-0.39, 0.29) is 17.9 Å². The molecule has 206 valence electrons. The van der Waals surface area contributed by atoms with Crippen molar-refractivity contribution in [3.63, 3.8) is 0 Å². The van der Waals surface area contributed by atoms with E-state index in [0.717, 1.165) is 49.8 Å². The average Bonchev–Trinajstić information content (AvgIpc) is 3.67. The second-order valence-electron chi connectivity index (χ2n) is 12.2. The van der Waals surface area contributed by atoms with E-state index < -0.39 is 5.60 Å². The highest BCUT2D eigenvalue weighted by Crippen LogP contribution is 2.33. The molecular weight excluding hydrogens is 478 g/mol. The number of piperidine rings is 1. The smallest absolute Gasteiger partial charge is 0.410 e. The number of carbonyl (C=O) groups excluding carboxylic acids is 2. The zero-order chi connectivity index (χ0) is 26.7. The van der Waals surface area contributed by atoms with Gasteiger partial charge in [0.2, 0.25) is 0 Å². The highest BCUT2D eigenvalue weighted by Gasteiger charge is 2.33. The van der Waals surface area contributed by atoms with Gasteiger partial charge in [0.1, 0.15) is 5.60 Å². The maximum absolute atomic E-state index is 13.5. The molecular formula is C30H43N5O3. The lowest BCUT2D eigenvalue weighted by molar-refractivity contribution is 0.0203. The van der Waals surface area contributed by atoms with Gasteiger partial charge in [0, 0.05) is 38.1 Å². The van der Waals surface area contributed by atoms with Gasteiger partial charge in [-0.2, -0.15) is 5.10 Å². The van der Waals surface area contributed by atoms with E-state index in [1.54, 1.807) is 11.1 Å². The van der Waals surface area contributed by atoms with E-state index in [9.17, 15) is 9.59 Å². The molecule has 2 aliphatic heterocycles. The molecule has 8 nitrogen and oxygen atoms in total. The van der Waals surface area contributed by atoms with E-state index in [0.29, 0.717) is 31.1 Å². The molecule has 1 N–H and O–H groups in total. The lowest BCUT2D eigenvalue weighted by Crippen LogP contribution is -2.41. The van der Waals surface area contributed by atoms with Crippen molar-refractivity contribution in [2.24, 2.45) is 5.92 Å². The minimum absolute atomic E-state index is 0.0453. The van der Waals surface area contributed by atoms with Crippen LogP contribution in [0.1, 0.15) is 87.7 Å². The summed E-state index contributed by atoms with van der Waals surface area (Å²) in [6, 6.07) is 10.7. The monoisotopic (exact) mass is 521 g/mol. The lowest BCUT2D eigenvalue weighted by atomic mass is 9.90. The Morgan fingerprint density at radius 2 is 1.71 bits per heavy atom. The summed E-state index contributed by atoms with van der Waals surface area (Å²) in [5.74, 6) is 0.585. The summed E-state index contributed by atoms with van der Waals surface area (Å²) >= 11 is 0. The number of nitrogens with zero attached hydrogens (tertiary/aromatic N) is 4. The highest BCUT2D eigenvalue weighted by atomic mass is 16.6. The summed E-state index contributed by atoms with van der Waals surface area (Å²) in [4.78, 5) is 30.5. The number of amides is 2. The maximum Gasteiger partial charge on any atom is 0.410 e. The Balaban J connectivity index is 1.27. The van der Waals surface area contributed by atoms with Gasteiger partial charge in [0.15, 0.2) is 0 Å². The largest absolute Gasteiger partial charge is 0.444 e. The number of ether oxygens (including phenoxy) is 1. The van der Waals surface area contributed by atoms with Crippen LogP contribution in [0.25, 0.3) is 5.69 Å². The van der Waals surface area contributed by atoms with E-state index >= 15 is 0 Å². The SMILES string of the molecule is CC(C)(C)OC(=O)N1CCC(c2c(C(=O)NC[C@H]3CCN(C4CCCC4)C3)cnn2-c2ccccc2)CC1. The van der Waals surface area contributed by atoms with E-state index in [2.05, 4.69) is 15.3 Å². The molecule has 0 radical (unpaired) electrons. The van der Waals surface area contributed by atoms with Gasteiger partial charge >= 0.3 is 6.09 Å². The number of nitrogens with one attached hydrogen (secondary N) is 1. The highest BCUT2D eigenvalue weighted by molar-refractivity contribution is 5.95. The van der Waals surface area contributed by atoms with Gasteiger partial charge in [0.25, 0.3) is 5.91 Å². The van der Waals surface area contributed by atoms with Gasteiger partial charge in [-0.15, -0.1) is 0 Å². The predicted molar refractivity (Wildman–Crippen MR) is 148 cm³/mol. The molecule has 5 rings (SSSR count). The van der Waals surface area contributed by atoms with Gasteiger partial charge in [-0.25, -0.2) is 9.48 Å². The Morgan fingerprint density at radius 1 is 1.00 bits per heavy atom. The van der Waals surface area contributed by atoms with Crippen molar-refractivity contribution in [2.45, 2.75) is 83.3 Å². The Hall–Kier alpha value is -2.87. The Labute approximate surface area is 226 Å². The van der Waals surface area contributed by atoms with Gasteiger partial charge in [0.05, 0.1) is 23.1 Å². The third kappa shape index (κ3) is 6.22. The summed E-state index contributed by atoms with van der Waals surface area (Å²) < 4.78 is 7.50. The van der Waals surface area contributed by atoms with Crippen molar-refractivity contribution in [2.75, 3.05) is 32.7 Å². The van der Waals surface area contributed by atoms with E-state index in [1.165, 1.54) is 25.7 Å². The normalized spacial score (nSPS) is 21.7. The number of rotatable bonds is 6. The summed E-state index contributed by atoms with van der Waals surface area (Å²) in [6.07, 6.45) is 9.48. The fourth-order valence-corrected chi connectivity index (χ4v) is 6.33. The van der Waals surface area contributed by atoms with Crippen molar-refractivity contribution in [1.82, 2.24) is 24.9 Å². The number of hydrogen-bond donors (Lipinski definition) is 1. The summed E-state index contributed by atoms with van der Waals surface area (Å²) in [7, 11) is 0. The maximum atomic E-state index is 13.5. The van der Waals surface area contributed by atoms with Crippen LogP contribution in [-0.4, -0.2) is 75.9 Å². The predicted octanol–water partition coefficient (Wildman–Crippen LogP) is 4.98. The molecule has 2 aromatic rings. The van der Waals surface area contributed by atoms with Gasteiger partial charge in [-0.05, 0) is 77.5 Å². The Morgan fingerprint density at radius 3 is 2.39 bits per heavy atom. The fraction of sp³-hybridized carbons (Fsp3) is 0.633. The van der Waals surface area contributed by atoms with E-state index in [1.807, 2.05) is 55.8 Å². The van der Waals surface area contributed by atoms with Crippen molar-refractivity contribution >= 4 is 12.0 Å². The molecule has 3 fully saturated rings. The third-order valence-electron chi connectivity index (χ3n) is 8.29. The molecule has 0 spiro atoms. The molecule has 8 heteroatoms. The molecule has 1 aromatic heterocycles. The third-order valence-corrected chi connectivity index (χ3v) is 8.29. The van der Waals surface area contributed by atoms with E-state index in [4.69, 9.17) is 4.74 Å². The van der Waals surface area contributed by atoms with Crippen molar-refractivity contribution in [3.8, 4) is 5.69 Å². The average molecular weight is 522 g/mol. The van der Waals surface area contributed by atoms with Crippen LogP contribution in [-0.2, 0) is 4.74 Å². The first-order valence-corrected chi connectivity index (χ1v) is 14.4. The second-order valence-corrected chi connectivity index (χ2v) is 12.2. The van der Waals surface area contributed by atoms with Crippen molar-refractivity contribution < 1.29 is 14.3 Å². The molecule has 1 atom stereocenters. The Kier molecular flexibility index (Phi) is 8.07. The van der Waals surface area contributed by atoms with Crippen LogP contribution in [0.3, 0.4) is 0 Å². The molecule has 2 amide bonds. The lowest BCUT2D eigenvalue weighted by Gasteiger charge is -2.34. The van der Waals surface area contributed by atoms with Gasteiger partial charge in [-0.1, -0.05) is 31.0 Å². The van der Waals surface area contributed by atoms with Crippen LogP contribution in [0, 0.1) is 5.92 Å². The second kappa shape index (κ2) is 11.5. The van der Waals surface area contributed by atoms with Crippen LogP contribution in [0.15, 0.2) is 36.5 Å². The molecule has 1 saturated carbocycles. The van der Waals surface area contributed by atoms with Crippen LogP contribution in [0.4, 0.5) is 4.79 Å². The molecule has 38 heavy (non-hydrogen) atoms. The first kappa shape index (κ1) is 26.7. The summed E-state index contributed by atoms with van der Waals surface area (Å²) in [5.41, 5.74) is 2.02. The molecule has 2 saturated heterocycles. The molecule has 0 bridgehead atoms. The Bertz CT molecular complexity index is 1090. The number of likely N-dealkylation sites (tertiary alicyclic amines) is 2. The first-order chi connectivity index (χ1) is 18.3. The van der Waals surface area contributed by atoms with Crippen LogP contribution in [0.5, 0.6) is 0 Å². The number of aromatic nitrogens is 2. The van der Waals surface area contributed by atoms with Crippen molar-refractivity contribution in [1.29, 1.82) is 0 Å². The minimum Gasteiger partial charge on any atom is -0.444 e. The van der Waals surface area contributed by atoms with Crippen LogP contribution in [0.2, 0.25) is 0 Å². The van der Waals surface area contributed by atoms with Gasteiger partial charge < -0.3 is 19.9 Å². The zero-order valence-electron chi connectivity index (χ0n) is 23.2. The molecule has 3 aliphatic rings. The number of carbonyl (C=O) groups is 2. The molecule has 1 aliphatic carbocycles. The number of benzene rings is 1. The zero-order valence-corrected chi connectivity index (χ0v) is 23.2. The first-order valence-electron chi connectivity index (χ1n) is 14.4. The summed E-state index contributed by atoms with van der Waals surface area (Å²) in [6.45, 7) is 9.80. The fourth-order valence-electron chi connectivity index (χ4n) is 6.33. The van der Waals surface area contributed by atoms with Crippen LogP contribution < -0.4 is 5.32 Å². The molecule has 3 heterocycles. The summed E-state index contributed by atoms with van der Waals surface area (Å²) in [5, 5.41) is 7.92. The number of hydrogen-bond acceptors (Lipinski definition) is 5. The quantitative estimate of drug-likeness (QED) is 0.580. The molecule has 0 unspecified atom stereocenters. The standard InChI is InChI=1S/C30H43N5O3/c1-30(2,3)38-29(37)33-17-14-23(15-18-33)27-26(20-32-35(27)25-11-5-4-6-12-25)28(36)31-19-22-13-16-34(21-22)24-9-7-8-10-24/h4-6,11-12,20,22-24H,7-10,13-19,21H2,1-3H3,(H,31,36)/t22-/m1/s1. The molecule has 1 aromatic carbocycles. The van der Waals surface area contributed by atoms with Gasteiger partial charge in [-0.3, -0.25) is 4.79 Å². The van der Waals surface area contributed by atoms with Crippen molar-refractivity contribution in [3.05, 3.63) is 47.8 Å².